The number of thiazole rings is 2. The van der Waals surface area contributed by atoms with Crippen LogP contribution >= 0.6 is 34.3 Å². The third-order valence-electron chi connectivity index (χ3n) is 4.38. The second-order valence-electron chi connectivity index (χ2n) is 6.95. The topological polar surface area (TPSA) is 81.2 Å². The summed E-state index contributed by atoms with van der Waals surface area (Å²) in [5, 5.41) is 8.22. The van der Waals surface area contributed by atoms with E-state index < -0.39 is 5.97 Å². The molecule has 9 heteroatoms. The van der Waals surface area contributed by atoms with Crippen molar-refractivity contribution in [1.29, 1.82) is 0 Å². The highest BCUT2D eigenvalue weighted by atomic mass is 35.5. The molecule has 0 saturated carbocycles. The molecule has 2 heterocycles. The summed E-state index contributed by atoms with van der Waals surface area (Å²) in [4.78, 5) is 33.3. The third kappa shape index (κ3) is 5.79. The van der Waals surface area contributed by atoms with Crippen molar-refractivity contribution in [3.8, 4) is 10.6 Å². The smallest absolute Gasteiger partial charge is 0.358 e. The zero-order valence-electron chi connectivity index (χ0n) is 17.0. The minimum Gasteiger partial charge on any atom is -0.454 e. The Hall–Kier alpha value is -3.07. The molecule has 6 nitrogen and oxygen atoms in total. The Labute approximate surface area is 197 Å². The zero-order chi connectivity index (χ0) is 22.5. The lowest BCUT2D eigenvalue weighted by Crippen LogP contribution is -2.14. The number of ether oxygens (including phenoxy) is 1. The van der Waals surface area contributed by atoms with Crippen LogP contribution in [0.15, 0.2) is 59.3 Å². The molecule has 0 aliphatic heterocycles. The van der Waals surface area contributed by atoms with Gasteiger partial charge in [0.1, 0.15) is 16.6 Å². The molecule has 0 aliphatic carbocycles. The van der Waals surface area contributed by atoms with E-state index in [1.165, 1.54) is 22.7 Å². The predicted octanol–water partition coefficient (Wildman–Crippen LogP) is 5.77. The van der Waals surface area contributed by atoms with E-state index in [9.17, 15) is 9.59 Å². The average molecular weight is 484 g/mol. The lowest BCUT2D eigenvalue weighted by Gasteiger charge is -2.04. The number of hydrogen-bond donors (Lipinski definition) is 1. The average Bonchev–Trinajstić information content (AvgIpc) is 3.44. The number of esters is 1. The Morgan fingerprint density at radius 3 is 2.66 bits per heavy atom. The van der Waals surface area contributed by atoms with E-state index in [4.69, 9.17) is 16.3 Å². The summed E-state index contributed by atoms with van der Waals surface area (Å²) in [6.07, 6.45) is 0.154. The molecule has 0 atom stereocenters. The number of anilines is 1. The molecule has 32 heavy (non-hydrogen) atoms. The van der Waals surface area contributed by atoms with E-state index in [-0.39, 0.29) is 24.6 Å². The van der Waals surface area contributed by atoms with Gasteiger partial charge in [0.15, 0.2) is 5.69 Å². The van der Waals surface area contributed by atoms with Gasteiger partial charge in [0, 0.05) is 27.0 Å². The van der Waals surface area contributed by atoms with E-state index in [2.05, 4.69) is 15.3 Å². The molecule has 0 bridgehead atoms. The van der Waals surface area contributed by atoms with Gasteiger partial charge in [-0.15, -0.1) is 22.7 Å². The van der Waals surface area contributed by atoms with Crippen molar-refractivity contribution in [1.82, 2.24) is 9.97 Å². The van der Waals surface area contributed by atoms with Crippen LogP contribution in [0, 0.1) is 6.92 Å². The number of hydrogen-bond acceptors (Lipinski definition) is 7. The highest BCUT2D eigenvalue weighted by Crippen LogP contribution is 2.26. The number of halogens is 1. The number of nitrogens with one attached hydrogen (secondary N) is 1. The summed E-state index contributed by atoms with van der Waals surface area (Å²) >= 11 is 8.71. The number of nitrogens with zero attached hydrogens (tertiary/aromatic N) is 2. The molecule has 1 amide bonds. The fraction of sp³-hybridized carbons (Fsp3) is 0.130. The van der Waals surface area contributed by atoms with Gasteiger partial charge in [0.25, 0.3) is 0 Å². The predicted molar refractivity (Wildman–Crippen MR) is 127 cm³/mol. The first-order valence-corrected chi connectivity index (χ1v) is 11.8. The fourth-order valence-electron chi connectivity index (χ4n) is 2.81. The van der Waals surface area contributed by atoms with E-state index >= 15 is 0 Å². The van der Waals surface area contributed by atoms with Gasteiger partial charge in [-0.05, 0) is 31.2 Å². The van der Waals surface area contributed by atoms with E-state index in [0.717, 1.165) is 16.8 Å². The summed E-state index contributed by atoms with van der Waals surface area (Å²) in [5.41, 5.74) is 3.53. The minimum absolute atomic E-state index is 0.0128. The van der Waals surface area contributed by atoms with Gasteiger partial charge in [-0.1, -0.05) is 41.4 Å². The van der Waals surface area contributed by atoms with E-state index in [0.29, 0.717) is 20.7 Å². The highest BCUT2D eigenvalue weighted by Gasteiger charge is 2.15. The Morgan fingerprint density at radius 2 is 1.88 bits per heavy atom. The highest BCUT2D eigenvalue weighted by molar-refractivity contribution is 7.13. The van der Waals surface area contributed by atoms with Crippen LogP contribution in [0.4, 0.5) is 5.69 Å². The fourth-order valence-corrected chi connectivity index (χ4v) is 4.56. The SMILES string of the molecule is Cc1ccc(NC(=O)Cc2nc(COC(=O)c3csc(-c4cccc(Cl)c4)n3)cs2)cc1. The van der Waals surface area contributed by atoms with Crippen LogP contribution in [0.3, 0.4) is 0 Å². The third-order valence-corrected chi connectivity index (χ3v) is 6.41. The summed E-state index contributed by atoms with van der Waals surface area (Å²) in [6.45, 7) is 2.00. The van der Waals surface area contributed by atoms with Gasteiger partial charge in [-0.2, -0.15) is 0 Å². The number of carbonyl (C=O) groups is 2. The first kappa shape index (κ1) is 22.1. The first-order valence-electron chi connectivity index (χ1n) is 9.64. The van der Waals surface area contributed by atoms with Crippen LogP contribution in [0.1, 0.15) is 26.8 Å². The molecule has 0 radical (unpaired) electrons. The second kappa shape index (κ2) is 10.0. The Kier molecular flexibility index (Phi) is 6.94. The molecular formula is C23H18ClN3O3S2. The van der Waals surface area contributed by atoms with Crippen molar-refractivity contribution in [3.05, 3.63) is 86.3 Å². The second-order valence-corrected chi connectivity index (χ2v) is 9.19. The van der Waals surface area contributed by atoms with Crippen LogP contribution in [0.25, 0.3) is 10.6 Å². The summed E-state index contributed by atoms with van der Waals surface area (Å²) in [7, 11) is 0. The lowest BCUT2D eigenvalue weighted by molar-refractivity contribution is -0.115. The van der Waals surface area contributed by atoms with Gasteiger partial charge in [0.2, 0.25) is 5.91 Å². The van der Waals surface area contributed by atoms with Crippen LogP contribution < -0.4 is 5.32 Å². The van der Waals surface area contributed by atoms with Crippen molar-refractivity contribution in [3.63, 3.8) is 0 Å². The van der Waals surface area contributed by atoms with Crippen molar-refractivity contribution < 1.29 is 14.3 Å². The lowest BCUT2D eigenvalue weighted by atomic mass is 10.2. The van der Waals surface area contributed by atoms with E-state index in [1.54, 1.807) is 22.9 Å². The summed E-state index contributed by atoms with van der Waals surface area (Å²) < 4.78 is 5.34. The van der Waals surface area contributed by atoms with Crippen LogP contribution in [-0.2, 0) is 22.6 Å². The quantitative estimate of drug-likeness (QED) is 0.337. The van der Waals surface area contributed by atoms with Gasteiger partial charge in [0.05, 0.1) is 12.1 Å². The molecule has 2 aromatic carbocycles. The molecule has 0 fully saturated rings. The monoisotopic (exact) mass is 483 g/mol. The summed E-state index contributed by atoms with van der Waals surface area (Å²) in [6, 6.07) is 14.9. The number of rotatable bonds is 7. The van der Waals surface area contributed by atoms with Gasteiger partial charge in [-0.3, -0.25) is 4.79 Å². The maximum absolute atomic E-state index is 12.3. The van der Waals surface area contributed by atoms with Gasteiger partial charge < -0.3 is 10.1 Å². The zero-order valence-corrected chi connectivity index (χ0v) is 19.4. The van der Waals surface area contributed by atoms with Gasteiger partial charge in [-0.25, -0.2) is 14.8 Å². The molecule has 1 N–H and O–H groups in total. The van der Waals surface area contributed by atoms with E-state index in [1.807, 2.05) is 43.3 Å². The standard InChI is InChI=1S/C23H18ClN3O3S2/c1-14-5-7-17(8-6-14)25-20(28)10-21-26-18(12-31-21)11-30-23(29)19-13-32-22(27-19)15-3-2-4-16(24)9-15/h2-9,12-13H,10-11H2,1H3,(H,25,28). The largest absolute Gasteiger partial charge is 0.454 e. The van der Waals surface area contributed by atoms with Crippen LogP contribution in [-0.4, -0.2) is 21.8 Å². The van der Waals surface area contributed by atoms with Crippen molar-refractivity contribution >= 4 is 51.8 Å². The Balaban J connectivity index is 1.30. The Morgan fingerprint density at radius 1 is 1.06 bits per heavy atom. The molecule has 0 aliphatic rings. The normalized spacial score (nSPS) is 10.7. The Bertz CT molecular complexity index is 1250. The maximum atomic E-state index is 12.3. The molecule has 0 saturated heterocycles. The number of amides is 1. The molecule has 4 aromatic rings. The van der Waals surface area contributed by atoms with Crippen LogP contribution in [0.2, 0.25) is 5.02 Å². The number of aryl methyl sites for hydroxylation is 1. The molecule has 2 aromatic heterocycles. The number of aromatic nitrogens is 2. The molecule has 0 unspecified atom stereocenters. The molecule has 162 valence electrons. The van der Waals surface area contributed by atoms with Crippen molar-refractivity contribution in [2.45, 2.75) is 20.0 Å². The first-order chi connectivity index (χ1) is 15.5. The van der Waals surface area contributed by atoms with Crippen molar-refractivity contribution in [2.75, 3.05) is 5.32 Å². The van der Waals surface area contributed by atoms with Crippen molar-refractivity contribution in [2.24, 2.45) is 0 Å². The molecule has 0 spiro atoms. The minimum atomic E-state index is -0.527. The number of carbonyl (C=O) groups excluding carboxylic acids is 2. The molecule has 4 rings (SSSR count). The maximum Gasteiger partial charge on any atom is 0.358 e. The summed E-state index contributed by atoms with van der Waals surface area (Å²) in [5.74, 6) is -0.677. The van der Waals surface area contributed by atoms with Gasteiger partial charge >= 0.3 is 5.97 Å². The van der Waals surface area contributed by atoms with Crippen LogP contribution in [0.5, 0.6) is 0 Å². The number of benzene rings is 2. The molecular weight excluding hydrogens is 466 g/mol.